The van der Waals surface area contributed by atoms with E-state index in [4.69, 9.17) is 5.73 Å². The van der Waals surface area contributed by atoms with Crippen molar-refractivity contribution >= 4 is 11.8 Å². The predicted octanol–water partition coefficient (Wildman–Crippen LogP) is 1.62. The first kappa shape index (κ1) is 15.4. The van der Waals surface area contributed by atoms with Crippen LogP contribution in [0.4, 0.5) is 8.78 Å². The Morgan fingerprint density at radius 3 is 2.52 bits per heavy atom. The number of primary amides is 1. The van der Waals surface area contributed by atoms with Crippen LogP contribution in [-0.4, -0.2) is 29.8 Å². The molecule has 0 radical (unpaired) electrons. The van der Waals surface area contributed by atoms with Gasteiger partial charge in [0.25, 0.3) is 0 Å². The van der Waals surface area contributed by atoms with E-state index >= 15 is 0 Å². The lowest BCUT2D eigenvalue weighted by Gasteiger charge is -2.30. The molecule has 114 valence electrons. The number of carbonyl (C=O) groups is 2. The number of hydrogen-bond acceptors (Lipinski definition) is 2. The normalized spacial score (nSPS) is 16.0. The van der Waals surface area contributed by atoms with E-state index < -0.39 is 11.6 Å². The summed E-state index contributed by atoms with van der Waals surface area (Å²) in [7, 11) is 0. The van der Waals surface area contributed by atoms with Gasteiger partial charge in [-0.1, -0.05) is 12.1 Å². The SMILES string of the molecule is NC(=O)C1CCN(C(=O)CCc2cccc(F)c2F)CC1. The Balaban J connectivity index is 1.85. The number of hydrogen-bond donors (Lipinski definition) is 1. The van der Waals surface area contributed by atoms with Gasteiger partial charge in [-0.2, -0.15) is 0 Å². The average molecular weight is 296 g/mol. The molecule has 0 saturated carbocycles. The van der Waals surface area contributed by atoms with Crippen molar-refractivity contribution in [2.75, 3.05) is 13.1 Å². The average Bonchev–Trinajstić information content (AvgIpc) is 2.48. The van der Waals surface area contributed by atoms with E-state index in [9.17, 15) is 18.4 Å². The maximum atomic E-state index is 13.5. The third-order valence-corrected chi connectivity index (χ3v) is 3.89. The minimum atomic E-state index is -0.901. The molecule has 1 fully saturated rings. The van der Waals surface area contributed by atoms with Crippen LogP contribution in [-0.2, 0) is 16.0 Å². The number of amides is 2. The molecule has 1 saturated heterocycles. The summed E-state index contributed by atoms with van der Waals surface area (Å²) in [5.74, 6) is -2.40. The van der Waals surface area contributed by atoms with Crippen molar-refractivity contribution in [1.29, 1.82) is 0 Å². The Hall–Kier alpha value is -1.98. The lowest BCUT2D eigenvalue weighted by Crippen LogP contribution is -2.41. The second kappa shape index (κ2) is 6.65. The van der Waals surface area contributed by atoms with Gasteiger partial charge in [0.2, 0.25) is 11.8 Å². The molecule has 0 unspecified atom stereocenters. The third kappa shape index (κ3) is 3.77. The quantitative estimate of drug-likeness (QED) is 0.917. The fraction of sp³-hybridized carbons (Fsp3) is 0.467. The number of benzene rings is 1. The minimum absolute atomic E-state index is 0.110. The zero-order valence-corrected chi connectivity index (χ0v) is 11.6. The van der Waals surface area contributed by atoms with Crippen LogP contribution in [0.2, 0.25) is 0 Å². The highest BCUT2D eigenvalue weighted by molar-refractivity contribution is 5.79. The molecule has 0 aromatic heterocycles. The van der Waals surface area contributed by atoms with Crippen molar-refractivity contribution in [3.63, 3.8) is 0 Å². The molecule has 6 heteroatoms. The summed E-state index contributed by atoms with van der Waals surface area (Å²) in [5, 5.41) is 0. The van der Waals surface area contributed by atoms with Gasteiger partial charge in [0.05, 0.1) is 0 Å². The van der Waals surface area contributed by atoms with Crippen LogP contribution in [0.15, 0.2) is 18.2 Å². The van der Waals surface area contributed by atoms with Crippen molar-refractivity contribution < 1.29 is 18.4 Å². The summed E-state index contributed by atoms with van der Waals surface area (Å²) in [5.41, 5.74) is 5.44. The van der Waals surface area contributed by atoms with Crippen LogP contribution in [0.3, 0.4) is 0 Å². The number of carbonyl (C=O) groups excluding carboxylic acids is 2. The molecule has 1 aliphatic heterocycles. The first-order valence-electron chi connectivity index (χ1n) is 6.99. The van der Waals surface area contributed by atoms with Crippen molar-refractivity contribution in [3.05, 3.63) is 35.4 Å². The second-order valence-corrected chi connectivity index (χ2v) is 5.27. The van der Waals surface area contributed by atoms with Crippen LogP contribution in [0.1, 0.15) is 24.8 Å². The standard InChI is InChI=1S/C15H18F2N2O2/c16-12-3-1-2-10(14(12)17)4-5-13(20)19-8-6-11(7-9-19)15(18)21/h1-3,11H,4-9H2,(H2,18,21). The van der Waals surface area contributed by atoms with Gasteiger partial charge in [-0.25, -0.2) is 8.78 Å². The molecular formula is C15H18F2N2O2. The number of nitrogens with two attached hydrogens (primary N) is 1. The maximum absolute atomic E-state index is 13.5. The highest BCUT2D eigenvalue weighted by Crippen LogP contribution is 2.18. The maximum Gasteiger partial charge on any atom is 0.222 e. The van der Waals surface area contributed by atoms with E-state index in [1.807, 2.05) is 0 Å². The molecule has 0 atom stereocenters. The van der Waals surface area contributed by atoms with Gasteiger partial charge < -0.3 is 10.6 Å². The molecule has 1 heterocycles. The Morgan fingerprint density at radius 1 is 1.24 bits per heavy atom. The molecule has 21 heavy (non-hydrogen) atoms. The molecule has 1 aliphatic rings. The van der Waals surface area contributed by atoms with Gasteiger partial charge in [-0.3, -0.25) is 9.59 Å². The van der Waals surface area contributed by atoms with E-state index in [0.717, 1.165) is 6.07 Å². The zero-order chi connectivity index (χ0) is 15.4. The van der Waals surface area contributed by atoms with Crippen LogP contribution in [0.5, 0.6) is 0 Å². The van der Waals surface area contributed by atoms with Crippen LogP contribution >= 0.6 is 0 Å². The number of piperidine rings is 1. The van der Waals surface area contributed by atoms with Crippen LogP contribution in [0, 0.1) is 17.6 Å². The fourth-order valence-electron chi connectivity index (χ4n) is 2.55. The highest BCUT2D eigenvalue weighted by atomic mass is 19.2. The molecule has 4 nitrogen and oxygen atoms in total. The topological polar surface area (TPSA) is 63.4 Å². The van der Waals surface area contributed by atoms with Gasteiger partial charge in [0, 0.05) is 25.4 Å². The van der Waals surface area contributed by atoms with Gasteiger partial charge in [0.1, 0.15) is 0 Å². The summed E-state index contributed by atoms with van der Waals surface area (Å²) in [4.78, 5) is 24.7. The van der Waals surface area contributed by atoms with Crippen LogP contribution < -0.4 is 5.73 Å². The number of halogens is 2. The summed E-state index contributed by atoms with van der Waals surface area (Å²) in [6, 6.07) is 3.96. The largest absolute Gasteiger partial charge is 0.369 e. The van der Waals surface area contributed by atoms with Gasteiger partial charge in [-0.05, 0) is 30.9 Å². The zero-order valence-electron chi connectivity index (χ0n) is 11.6. The van der Waals surface area contributed by atoms with Gasteiger partial charge in [-0.15, -0.1) is 0 Å². The summed E-state index contributed by atoms with van der Waals surface area (Å²) >= 11 is 0. The summed E-state index contributed by atoms with van der Waals surface area (Å²) in [6.07, 6.45) is 1.42. The van der Waals surface area contributed by atoms with Crippen LogP contribution in [0.25, 0.3) is 0 Å². The van der Waals surface area contributed by atoms with Crippen molar-refractivity contribution in [3.8, 4) is 0 Å². The van der Waals surface area contributed by atoms with Crippen molar-refractivity contribution in [1.82, 2.24) is 4.90 Å². The molecule has 2 rings (SSSR count). The number of likely N-dealkylation sites (tertiary alicyclic amines) is 1. The Bertz CT molecular complexity index is 540. The first-order valence-corrected chi connectivity index (χ1v) is 6.99. The molecule has 2 amide bonds. The Labute approximate surface area is 121 Å². The monoisotopic (exact) mass is 296 g/mol. The summed E-state index contributed by atoms with van der Waals surface area (Å²) in [6.45, 7) is 0.968. The third-order valence-electron chi connectivity index (χ3n) is 3.89. The van der Waals surface area contributed by atoms with E-state index in [0.29, 0.717) is 25.9 Å². The molecule has 0 aliphatic carbocycles. The predicted molar refractivity (Wildman–Crippen MR) is 73.2 cm³/mol. The molecule has 0 bridgehead atoms. The number of aryl methyl sites for hydroxylation is 1. The minimum Gasteiger partial charge on any atom is -0.369 e. The van der Waals surface area contributed by atoms with Crippen molar-refractivity contribution in [2.24, 2.45) is 11.7 Å². The van der Waals surface area contributed by atoms with Crippen molar-refractivity contribution in [2.45, 2.75) is 25.7 Å². The molecule has 1 aromatic carbocycles. The van der Waals surface area contributed by atoms with Gasteiger partial charge in [0.15, 0.2) is 11.6 Å². The summed E-state index contributed by atoms with van der Waals surface area (Å²) < 4.78 is 26.5. The molecule has 1 aromatic rings. The Kier molecular flexibility index (Phi) is 4.88. The van der Waals surface area contributed by atoms with E-state index in [-0.39, 0.29) is 36.1 Å². The smallest absolute Gasteiger partial charge is 0.222 e. The lowest BCUT2D eigenvalue weighted by atomic mass is 9.96. The molecule has 2 N–H and O–H groups in total. The number of rotatable bonds is 4. The highest BCUT2D eigenvalue weighted by Gasteiger charge is 2.25. The lowest BCUT2D eigenvalue weighted by molar-refractivity contribution is -0.134. The number of nitrogens with zero attached hydrogens (tertiary/aromatic N) is 1. The molecular weight excluding hydrogens is 278 g/mol. The van der Waals surface area contributed by atoms with E-state index in [2.05, 4.69) is 0 Å². The first-order chi connectivity index (χ1) is 9.99. The second-order valence-electron chi connectivity index (χ2n) is 5.27. The molecule has 0 spiro atoms. The van der Waals surface area contributed by atoms with E-state index in [1.54, 1.807) is 4.90 Å². The fourth-order valence-corrected chi connectivity index (χ4v) is 2.55. The van der Waals surface area contributed by atoms with E-state index in [1.165, 1.54) is 12.1 Å². The Morgan fingerprint density at radius 2 is 1.90 bits per heavy atom. The van der Waals surface area contributed by atoms with Gasteiger partial charge >= 0.3 is 0 Å².